The number of aromatic nitrogens is 1. The molecule has 0 fully saturated rings. The van der Waals surface area contributed by atoms with E-state index in [-0.39, 0.29) is 17.0 Å². The van der Waals surface area contributed by atoms with Gasteiger partial charge >= 0.3 is 6.18 Å². The van der Waals surface area contributed by atoms with Crippen molar-refractivity contribution in [3.63, 3.8) is 0 Å². The Balaban J connectivity index is 1.42. The van der Waals surface area contributed by atoms with Crippen molar-refractivity contribution in [1.82, 2.24) is 9.71 Å². The van der Waals surface area contributed by atoms with Gasteiger partial charge in [-0.05, 0) is 36.8 Å². The summed E-state index contributed by atoms with van der Waals surface area (Å²) >= 11 is 0. The Morgan fingerprint density at radius 3 is 2.40 bits per heavy atom. The lowest BCUT2D eigenvalue weighted by Gasteiger charge is -2.17. The molecule has 184 valence electrons. The van der Waals surface area contributed by atoms with Gasteiger partial charge in [-0.25, -0.2) is 13.1 Å². The summed E-state index contributed by atoms with van der Waals surface area (Å²) in [6.45, 7) is 0.614. The van der Waals surface area contributed by atoms with Crippen LogP contribution in [0.1, 0.15) is 12.0 Å². The number of hydrogen-bond acceptors (Lipinski definition) is 5. The number of pyridine rings is 1. The molecule has 3 aromatic carbocycles. The Hall–Kier alpha value is -3.37. The van der Waals surface area contributed by atoms with Crippen molar-refractivity contribution in [1.29, 1.82) is 0 Å². The molecular formula is C25H25F3N4O2S. The lowest BCUT2D eigenvalue weighted by molar-refractivity contribution is -0.137. The summed E-state index contributed by atoms with van der Waals surface area (Å²) in [5, 5.41) is 5.22. The number of fused-ring (bicyclic) bond motifs is 2. The summed E-state index contributed by atoms with van der Waals surface area (Å²) in [6, 6.07) is 15.9. The summed E-state index contributed by atoms with van der Waals surface area (Å²) in [5.74, 6) is 0. The van der Waals surface area contributed by atoms with Crippen LogP contribution in [0.5, 0.6) is 0 Å². The summed E-state index contributed by atoms with van der Waals surface area (Å²) < 4.78 is 67.5. The largest absolute Gasteiger partial charge is 0.416 e. The molecule has 0 aliphatic rings. The molecule has 0 aliphatic heterocycles. The zero-order chi connectivity index (χ0) is 25.2. The zero-order valence-corrected chi connectivity index (χ0v) is 20.0. The molecule has 1 aromatic heterocycles. The molecule has 6 nitrogen and oxygen atoms in total. The van der Waals surface area contributed by atoms with Gasteiger partial charge in [0.25, 0.3) is 0 Å². The molecule has 0 aliphatic carbocycles. The van der Waals surface area contributed by atoms with Crippen LogP contribution in [0.25, 0.3) is 21.7 Å². The molecule has 0 atom stereocenters. The van der Waals surface area contributed by atoms with E-state index >= 15 is 0 Å². The number of sulfonamides is 1. The fourth-order valence-corrected chi connectivity index (χ4v) is 5.26. The molecule has 0 spiro atoms. The summed E-state index contributed by atoms with van der Waals surface area (Å²) in [4.78, 5) is 6.18. The van der Waals surface area contributed by atoms with Crippen molar-refractivity contribution in [2.45, 2.75) is 17.5 Å². The normalized spacial score (nSPS) is 12.3. The predicted molar refractivity (Wildman–Crippen MR) is 133 cm³/mol. The van der Waals surface area contributed by atoms with Crippen LogP contribution in [0.4, 0.5) is 24.5 Å². The second-order valence-electron chi connectivity index (χ2n) is 8.29. The standard InChI is InChI=1S/C25H25F3N4O2S/c1-32(2)23-8-3-7-19-18(23)6-4-9-24(19)35(33,34)31-14-5-13-29-21-12-15-30-22-16-17(25(26,27)28)10-11-20(21)22/h3-4,6-12,15-16,31H,5,13-14H2,1-2H3,(H,29,30). The molecule has 4 rings (SSSR count). The van der Waals surface area contributed by atoms with Crippen molar-refractivity contribution in [2.24, 2.45) is 0 Å². The number of rotatable bonds is 8. The SMILES string of the molecule is CN(C)c1cccc2c(S(=O)(=O)NCCCNc3ccnc4cc(C(F)(F)F)ccc34)cccc12. The number of alkyl halides is 3. The topological polar surface area (TPSA) is 74.3 Å². The molecule has 0 saturated heterocycles. The van der Waals surface area contributed by atoms with Crippen LogP contribution in [0.2, 0.25) is 0 Å². The zero-order valence-electron chi connectivity index (χ0n) is 19.2. The van der Waals surface area contributed by atoms with E-state index in [4.69, 9.17) is 0 Å². The van der Waals surface area contributed by atoms with Gasteiger partial charge in [-0.3, -0.25) is 4.98 Å². The highest BCUT2D eigenvalue weighted by atomic mass is 32.2. The average molecular weight is 503 g/mol. The minimum atomic E-state index is -4.44. The Morgan fingerprint density at radius 2 is 1.66 bits per heavy atom. The number of benzene rings is 3. The van der Waals surface area contributed by atoms with E-state index in [1.165, 1.54) is 12.3 Å². The number of halogens is 3. The van der Waals surface area contributed by atoms with Gasteiger partial charge in [-0.1, -0.05) is 30.3 Å². The number of nitrogens with zero attached hydrogens (tertiary/aromatic N) is 2. The number of nitrogens with one attached hydrogen (secondary N) is 2. The minimum Gasteiger partial charge on any atom is -0.384 e. The van der Waals surface area contributed by atoms with Gasteiger partial charge in [-0.2, -0.15) is 13.2 Å². The smallest absolute Gasteiger partial charge is 0.384 e. The molecule has 10 heteroatoms. The predicted octanol–water partition coefficient (Wildman–Crippen LogP) is 5.25. The minimum absolute atomic E-state index is 0.195. The monoisotopic (exact) mass is 502 g/mol. The van der Waals surface area contributed by atoms with E-state index < -0.39 is 21.8 Å². The van der Waals surface area contributed by atoms with Gasteiger partial charge in [0.15, 0.2) is 0 Å². The molecule has 35 heavy (non-hydrogen) atoms. The maximum atomic E-state index is 13.0. The van der Waals surface area contributed by atoms with Gasteiger partial charge in [-0.15, -0.1) is 0 Å². The number of anilines is 2. The molecule has 2 N–H and O–H groups in total. The molecule has 0 radical (unpaired) electrons. The van der Waals surface area contributed by atoms with Crippen LogP contribution in [-0.4, -0.2) is 40.6 Å². The van der Waals surface area contributed by atoms with Crippen LogP contribution in [-0.2, 0) is 16.2 Å². The second kappa shape index (κ2) is 9.71. The maximum absolute atomic E-state index is 13.0. The third-order valence-electron chi connectivity index (χ3n) is 5.66. The summed E-state index contributed by atoms with van der Waals surface area (Å²) in [7, 11) is 0.0697. The van der Waals surface area contributed by atoms with Gasteiger partial charge in [0.1, 0.15) is 0 Å². The van der Waals surface area contributed by atoms with Crippen LogP contribution >= 0.6 is 0 Å². The second-order valence-corrected chi connectivity index (χ2v) is 10.0. The van der Waals surface area contributed by atoms with Gasteiger partial charge in [0.05, 0.1) is 16.0 Å². The first-order valence-corrected chi connectivity index (χ1v) is 12.4. The van der Waals surface area contributed by atoms with Crippen LogP contribution in [0.3, 0.4) is 0 Å². The molecule has 0 amide bonds. The summed E-state index contributed by atoms with van der Waals surface area (Å²) in [6.07, 6.45) is -2.53. The molecular weight excluding hydrogens is 477 g/mol. The third kappa shape index (κ3) is 5.33. The average Bonchev–Trinajstić information content (AvgIpc) is 2.82. The van der Waals surface area contributed by atoms with Gasteiger partial charge in [0.2, 0.25) is 10.0 Å². The highest BCUT2D eigenvalue weighted by Gasteiger charge is 2.30. The molecule has 0 unspecified atom stereocenters. The van der Waals surface area contributed by atoms with E-state index in [0.717, 1.165) is 23.2 Å². The van der Waals surface area contributed by atoms with E-state index in [1.54, 1.807) is 24.3 Å². The highest BCUT2D eigenvalue weighted by Crippen LogP contribution is 2.33. The highest BCUT2D eigenvalue weighted by molar-refractivity contribution is 7.89. The quantitative estimate of drug-likeness (QED) is 0.322. The van der Waals surface area contributed by atoms with Crippen molar-refractivity contribution in [2.75, 3.05) is 37.4 Å². The molecule has 0 bridgehead atoms. The Kier molecular flexibility index (Phi) is 6.86. The van der Waals surface area contributed by atoms with Crippen LogP contribution in [0, 0.1) is 0 Å². The van der Waals surface area contributed by atoms with Crippen LogP contribution < -0.4 is 14.9 Å². The van der Waals surface area contributed by atoms with Crippen molar-refractivity contribution < 1.29 is 21.6 Å². The van der Waals surface area contributed by atoms with Gasteiger partial charge < -0.3 is 10.2 Å². The van der Waals surface area contributed by atoms with Crippen molar-refractivity contribution in [3.8, 4) is 0 Å². The number of hydrogen-bond donors (Lipinski definition) is 2. The Labute approximate surface area is 201 Å². The fourth-order valence-electron chi connectivity index (χ4n) is 3.96. The van der Waals surface area contributed by atoms with E-state index in [0.29, 0.717) is 29.4 Å². The lowest BCUT2D eigenvalue weighted by Crippen LogP contribution is -2.26. The Bertz CT molecular complexity index is 1470. The first kappa shape index (κ1) is 24.7. The Morgan fingerprint density at radius 1 is 0.914 bits per heavy atom. The van der Waals surface area contributed by atoms with E-state index in [1.807, 2.05) is 37.2 Å². The van der Waals surface area contributed by atoms with Crippen LogP contribution in [0.15, 0.2) is 71.8 Å². The first-order chi connectivity index (χ1) is 16.6. The molecule has 1 heterocycles. The fraction of sp³-hybridized carbons (Fsp3) is 0.240. The van der Waals surface area contributed by atoms with Crippen molar-refractivity contribution in [3.05, 3.63) is 72.4 Å². The van der Waals surface area contributed by atoms with E-state index in [2.05, 4.69) is 15.0 Å². The van der Waals surface area contributed by atoms with Crippen molar-refractivity contribution >= 4 is 43.1 Å². The van der Waals surface area contributed by atoms with E-state index in [9.17, 15) is 21.6 Å². The maximum Gasteiger partial charge on any atom is 0.416 e. The summed E-state index contributed by atoms with van der Waals surface area (Å²) in [5.41, 5.74) is 1.04. The third-order valence-corrected chi connectivity index (χ3v) is 7.18. The van der Waals surface area contributed by atoms with Gasteiger partial charge in [0, 0.05) is 60.9 Å². The molecule has 0 saturated carbocycles. The lowest BCUT2D eigenvalue weighted by atomic mass is 10.1. The first-order valence-electron chi connectivity index (χ1n) is 11.0. The molecule has 4 aromatic rings.